The highest BCUT2D eigenvalue weighted by Crippen LogP contribution is 2.27. The molecule has 2 heterocycles. The van der Waals surface area contributed by atoms with Crippen molar-refractivity contribution in [1.82, 2.24) is 9.97 Å². The van der Waals surface area contributed by atoms with Crippen LogP contribution >= 0.6 is 11.6 Å². The molecule has 0 radical (unpaired) electrons. The van der Waals surface area contributed by atoms with E-state index in [1.165, 1.54) is 30.5 Å². The molecule has 1 N–H and O–H groups in total. The molecule has 0 bridgehead atoms. The Labute approximate surface area is 123 Å². The molecule has 3 aromatic rings. The molecule has 0 unspecified atom stereocenters. The first-order valence-corrected chi connectivity index (χ1v) is 6.36. The lowest BCUT2D eigenvalue weighted by Crippen LogP contribution is -2.01. The van der Waals surface area contributed by atoms with Crippen LogP contribution in [0.5, 0.6) is 0 Å². The second kappa shape index (κ2) is 4.99. The summed E-state index contributed by atoms with van der Waals surface area (Å²) in [5.74, 6) is -0.272. The fraction of sp³-hybridized carbons (Fsp3) is 0. The van der Waals surface area contributed by atoms with Gasteiger partial charge in [-0.15, -0.1) is 0 Å². The fourth-order valence-corrected chi connectivity index (χ4v) is 2.33. The molecule has 0 fully saturated rings. The van der Waals surface area contributed by atoms with Crippen molar-refractivity contribution in [2.45, 2.75) is 0 Å². The van der Waals surface area contributed by atoms with E-state index in [4.69, 9.17) is 11.6 Å². The molecule has 3 rings (SSSR count). The number of carbonyl (C=O) groups is 1. The van der Waals surface area contributed by atoms with Crippen LogP contribution in [0.2, 0.25) is 5.02 Å². The molecule has 7 heteroatoms. The number of hydrogen-bond donors (Lipinski definition) is 1. The van der Waals surface area contributed by atoms with Gasteiger partial charge in [0.15, 0.2) is 5.78 Å². The number of pyridine rings is 1. The predicted octanol–water partition coefficient (Wildman–Crippen LogP) is 3.36. The molecule has 0 aliphatic carbocycles. The summed E-state index contributed by atoms with van der Waals surface area (Å²) in [7, 11) is 0. The van der Waals surface area contributed by atoms with Crippen molar-refractivity contribution in [2.24, 2.45) is 0 Å². The highest BCUT2D eigenvalue weighted by atomic mass is 35.5. The van der Waals surface area contributed by atoms with Gasteiger partial charge in [-0.1, -0.05) is 11.6 Å². The molecular weight excluding hydrogens is 294 g/mol. The van der Waals surface area contributed by atoms with Crippen LogP contribution in [0.3, 0.4) is 0 Å². The molecular formula is C14H8ClN3O3. The van der Waals surface area contributed by atoms with Crippen molar-refractivity contribution < 1.29 is 9.72 Å². The SMILES string of the molecule is O=C(c1ccc([N+](=O)[O-])cc1)c1c[nH]c2nccc(Cl)c12. The number of aromatic nitrogens is 2. The first kappa shape index (κ1) is 13.3. The smallest absolute Gasteiger partial charge is 0.269 e. The van der Waals surface area contributed by atoms with E-state index >= 15 is 0 Å². The van der Waals surface area contributed by atoms with Crippen LogP contribution in [-0.4, -0.2) is 20.7 Å². The van der Waals surface area contributed by atoms with E-state index < -0.39 is 4.92 Å². The van der Waals surface area contributed by atoms with Gasteiger partial charge in [0, 0.05) is 35.5 Å². The van der Waals surface area contributed by atoms with Gasteiger partial charge in [-0.2, -0.15) is 0 Å². The minimum atomic E-state index is -0.513. The van der Waals surface area contributed by atoms with Gasteiger partial charge in [0.2, 0.25) is 0 Å². The van der Waals surface area contributed by atoms with Crippen LogP contribution in [-0.2, 0) is 0 Å². The maximum atomic E-state index is 12.5. The summed E-state index contributed by atoms with van der Waals surface area (Å²) in [6.45, 7) is 0. The molecule has 0 spiro atoms. The number of ketones is 1. The number of non-ortho nitro benzene ring substituents is 1. The third-order valence-electron chi connectivity index (χ3n) is 3.11. The molecule has 1 aromatic carbocycles. The maximum absolute atomic E-state index is 12.5. The van der Waals surface area contributed by atoms with E-state index in [9.17, 15) is 14.9 Å². The molecule has 104 valence electrons. The quantitative estimate of drug-likeness (QED) is 0.456. The van der Waals surface area contributed by atoms with Crippen LogP contribution < -0.4 is 0 Å². The number of nitro groups is 1. The monoisotopic (exact) mass is 301 g/mol. The summed E-state index contributed by atoms with van der Waals surface area (Å²) in [6, 6.07) is 7.03. The average Bonchev–Trinajstić information content (AvgIpc) is 2.92. The lowest BCUT2D eigenvalue weighted by molar-refractivity contribution is -0.384. The number of H-pyrrole nitrogens is 1. The van der Waals surface area contributed by atoms with Gasteiger partial charge in [-0.05, 0) is 18.2 Å². The van der Waals surface area contributed by atoms with E-state index in [1.807, 2.05) is 0 Å². The summed E-state index contributed by atoms with van der Waals surface area (Å²) in [5, 5.41) is 11.6. The van der Waals surface area contributed by atoms with Crippen molar-refractivity contribution in [2.75, 3.05) is 0 Å². The first-order chi connectivity index (χ1) is 10.1. The van der Waals surface area contributed by atoms with Gasteiger partial charge in [0.25, 0.3) is 5.69 Å². The summed E-state index contributed by atoms with van der Waals surface area (Å²) in [4.78, 5) is 29.6. The summed E-state index contributed by atoms with van der Waals surface area (Å²) in [5.41, 5.74) is 1.19. The minimum Gasteiger partial charge on any atom is -0.345 e. The van der Waals surface area contributed by atoms with Gasteiger partial charge < -0.3 is 4.98 Å². The number of rotatable bonds is 3. The molecule has 0 aliphatic rings. The van der Waals surface area contributed by atoms with Gasteiger partial charge in [0.1, 0.15) is 5.65 Å². The van der Waals surface area contributed by atoms with E-state index in [-0.39, 0.29) is 11.5 Å². The number of benzene rings is 1. The molecule has 0 amide bonds. The van der Waals surface area contributed by atoms with Crippen molar-refractivity contribution in [1.29, 1.82) is 0 Å². The Hall–Kier alpha value is -2.73. The Morgan fingerprint density at radius 3 is 2.62 bits per heavy atom. The number of fused-ring (bicyclic) bond motifs is 1. The van der Waals surface area contributed by atoms with Gasteiger partial charge in [0.05, 0.1) is 15.5 Å². The number of nitro benzene ring substituents is 1. The van der Waals surface area contributed by atoms with Crippen LogP contribution in [0.4, 0.5) is 5.69 Å². The largest absolute Gasteiger partial charge is 0.345 e. The zero-order valence-corrected chi connectivity index (χ0v) is 11.3. The Balaban J connectivity index is 2.06. The molecule has 0 atom stereocenters. The van der Waals surface area contributed by atoms with Crippen LogP contribution in [0.15, 0.2) is 42.7 Å². The van der Waals surface area contributed by atoms with E-state index in [1.54, 1.807) is 12.3 Å². The number of halogens is 1. The van der Waals surface area contributed by atoms with Crippen LogP contribution in [0.1, 0.15) is 15.9 Å². The molecule has 2 aromatic heterocycles. The lowest BCUT2D eigenvalue weighted by atomic mass is 10.0. The molecule has 0 aliphatic heterocycles. The van der Waals surface area contributed by atoms with Crippen molar-refractivity contribution in [3.05, 3.63) is 69.0 Å². The highest BCUT2D eigenvalue weighted by Gasteiger charge is 2.17. The van der Waals surface area contributed by atoms with Crippen molar-refractivity contribution in [3.63, 3.8) is 0 Å². The third kappa shape index (κ3) is 2.25. The molecule has 21 heavy (non-hydrogen) atoms. The third-order valence-corrected chi connectivity index (χ3v) is 3.42. The van der Waals surface area contributed by atoms with E-state index in [2.05, 4.69) is 9.97 Å². The molecule has 0 saturated carbocycles. The average molecular weight is 302 g/mol. The minimum absolute atomic E-state index is 0.0647. The number of nitrogens with one attached hydrogen (secondary N) is 1. The van der Waals surface area contributed by atoms with E-state index in [0.29, 0.717) is 27.2 Å². The van der Waals surface area contributed by atoms with Crippen molar-refractivity contribution >= 4 is 34.1 Å². The zero-order chi connectivity index (χ0) is 15.0. The number of hydrogen-bond acceptors (Lipinski definition) is 4. The molecule has 6 nitrogen and oxygen atoms in total. The van der Waals surface area contributed by atoms with Crippen LogP contribution in [0, 0.1) is 10.1 Å². The number of aromatic amines is 1. The number of nitrogens with zero attached hydrogens (tertiary/aromatic N) is 2. The van der Waals surface area contributed by atoms with Gasteiger partial charge >= 0.3 is 0 Å². The Kier molecular flexibility index (Phi) is 3.15. The van der Waals surface area contributed by atoms with Gasteiger partial charge in [-0.25, -0.2) is 4.98 Å². The topological polar surface area (TPSA) is 88.9 Å². The summed E-state index contributed by atoms with van der Waals surface area (Å²) < 4.78 is 0. The summed E-state index contributed by atoms with van der Waals surface area (Å²) >= 11 is 6.10. The summed E-state index contributed by atoms with van der Waals surface area (Å²) in [6.07, 6.45) is 3.08. The Morgan fingerprint density at radius 2 is 1.95 bits per heavy atom. The zero-order valence-electron chi connectivity index (χ0n) is 10.5. The standard InChI is InChI=1S/C14H8ClN3O3/c15-11-5-6-16-14-12(11)10(7-17-14)13(19)8-1-3-9(4-2-8)18(20)21/h1-7H,(H,16,17). The maximum Gasteiger partial charge on any atom is 0.269 e. The second-order valence-electron chi connectivity index (χ2n) is 4.35. The van der Waals surface area contributed by atoms with Crippen molar-refractivity contribution in [3.8, 4) is 0 Å². The second-order valence-corrected chi connectivity index (χ2v) is 4.76. The van der Waals surface area contributed by atoms with Gasteiger partial charge in [-0.3, -0.25) is 14.9 Å². The predicted molar refractivity (Wildman–Crippen MR) is 77.6 cm³/mol. The number of carbonyl (C=O) groups excluding carboxylic acids is 1. The normalized spacial score (nSPS) is 10.7. The van der Waals surface area contributed by atoms with Crippen LogP contribution in [0.25, 0.3) is 11.0 Å². The Bertz CT molecular complexity index is 856. The van der Waals surface area contributed by atoms with E-state index in [0.717, 1.165) is 0 Å². The Morgan fingerprint density at radius 1 is 1.24 bits per heavy atom. The lowest BCUT2D eigenvalue weighted by Gasteiger charge is -2.00. The highest BCUT2D eigenvalue weighted by molar-refractivity contribution is 6.37. The first-order valence-electron chi connectivity index (χ1n) is 5.98. The fourth-order valence-electron chi connectivity index (χ4n) is 2.09. The molecule has 0 saturated heterocycles.